The Morgan fingerprint density at radius 2 is 1.89 bits per heavy atom. The van der Waals surface area contributed by atoms with Crippen LogP contribution in [0.1, 0.15) is 20.3 Å². The molecule has 28 heavy (non-hydrogen) atoms. The number of benzene rings is 1. The van der Waals surface area contributed by atoms with Crippen LogP contribution in [0, 0.1) is 5.92 Å². The summed E-state index contributed by atoms with van der Waals surface area (Å²) in [6.45, 7) is 8.15. The zero-order valence-electron chi connectivity index (χ0n) is 16.6. The number of amides is 1. The lowest BCUT2D eigenvalue weighted by molar-refractivity contribution is 0.0364. The molecule has 8 nitrogen and oxygen atoms in total. The predicted octanol–water partition coefficient (Wildman–Crippen LogP) is 1.10. The summed E-state index contributed by atoms with van der Waals surface area (Å²) in [4.78, 5) is 28.2. The highest BCUT2D eigenvalue weighted by molar-refractivity contribution is 5.89. The number of para-hydroxylation sites is 2. The van der Waals surface area contributed by atoms with Crippen LogP contribution < -0.4 is 11.0 Å². The number of imidazole rings is 1. The molecule has 0 unspecified atom stereocenters. The standard InChI is InChI=1S/C20H30N4O4/c1-3-15(2)16(14-25)21-19(26)24-18-7-5-4-6-17(18)23(20(24)27)9-8-22-10-12-28-13-11-22/h4-7,15-16,25H,3,8-14H2,1-2H3,(H,21,26)/t15-,16+/m0/s1. The van der Waals surface area contributed by atoms with Gasteiger partial charge < -0.3 is 15.2 Å². The lowest BCUT2D eigenvalue weighted by Gasteiger charge is -2.26. The SMILES string of the molecule is CC[C@H](C)[C@@H](CO)NC(=O)n1c(=O)n(CCN2CCOCC2)c2ccccc21. The number of nitrogens with zero attached hydrogens (tertiary/aromatic N) is 3. The summed E-state index contributed by atoms with van der Waals surface area (Å²) in [7, 11) is 0. The summed E-state index contributed by atoms with van der Waals surface area (Å²) in [5.74, 6) is 0.110. The van der Waals surface area contributed by atoms with Crippen LogP contribution >= 0.6 is 0 Å². The second-order valence-corrected chi connectivity index (χ2v) is 7.34. The molecule has 0 radical (unpaired) electrons. The first-order chi connectivity index (χ1) is 13.6. The summed E-state index contributed by atoms with van der Waals surface area (Å²) < 4.78 is 8.20. The van der Waals surface area contributed by atoms with E-state index in [-0.39, 0.29) is 24.3 Å². The number of aliphatic hydroxyl groups is 1. The van der Waals surface area contributed by atoms with E-state index in [0.29, 0.717) is 25.3 Å². The minimum atomic E-state index is -0.495. The first kappa shape index (κ1) is 20.6. The van der Waals surface area contributed by atoms with Gasteiger partial charge >= 0.3 is 11.7 Å². The number of carbonyl (C=O) groups excluding carboxylic acids is 1. The molecule has 1 fully saturated rings. The van der Waals surface area contributed by atoms with Crippen LogP contribution in [-0.4, -0.2) is 70.7 Å². The lowest BCUT2D eigenvalue weighted by atomic mass is 10.0. The van der Waals surface area contributed by atoms with Crippen LogP contribution in [-0.2, 0) is 11.3 Å². The van der Waals surface area contributed by atoms with Gasteiger partial charge in [-0.1, -0.05) is 32.4 Å². The van der Waals surface area contributed by atoms with E-state index in [1.54, 1.807) is 10.6 Å². The molecule has 1 aliphatic rings. The maximum absolute atomic E-state index is 13.1. The van der Waals surface area contributed by atoms with Crippen molar-refractivity contribution >= 4 is 17.1 Å². The van der Waals surface area contributed by atoms with Gasteiger partial charge in [0.1, 0.15) is 0 Å². The molecule has 154 valence electrons. The first-order valence-corrected chi connectivity index (χ1v) is 9.99. The molecule has 2 N–H and O–H groups in total. The summed E-state index contributed by atoms with van der Waals surface area (Å²) in [5, 5.41) is 12.4. The molecule has 2 atom stereocenters. The minimum absolute atomic E-state index is 0.110. The minimum Gasteiger partial charge on any atom is -0.394 e. The van der Waals surface area contributed by atoms with E-state index in [2.05, 4.69) is 10.2 Å². The molecule has 0 bridgehead atoms. The number of rotatable bonds is 7. The van der Waals surface area contributed by atoms with Crippen LogP contribution in [0.4, 0.5) is 4.79 Å². The molecular formula is C20H30N4O4. The molecule has 2 aromatic rings. The van der Waals surface area contributed by atoms with Crippen molar-refractivity contribution in [3.05, 3.63) is 34.7 Å². The predicted molar refractivity (Wildman–Crippen MR) is 108 cm³/mol. The number of fused-ring (bicyclic) bond motifs is 1. The van der Waals surface area contributed by atoms with Gasteiger partial charge in [0, 0.05) is 26.2 Å². The van der Waals surface area contributed by atoms with Gasteiger partial charge in [-0.25, -0.2) is 14.2 Å². The molecule has 1 amide bonds. The molecule has 0 aliphatic carbocycles. The van der Waals surface area contributed by atoms with E-state index < -0.39 is 6.03 Å². The number of hydrogen-bond acceptors (Lipinski definition) is 5. The number of hydrogen-bond donors (Lipinski definition) is 2. The summed E-state index contributed by atoms with van der Waals surface area (Å²) in [6.07, 6.45) is 0.821. The Morgan fingerprint density at radius 3 is 2.54 bits per heavy atom. The van der Waals surface area contributed by atoms with Crippen molar-refractivity contribution in [1.82, 2.24) is 19.4 Å². The fourth-order valence-corrected chi connectivity index (χ4v) is 3.56. The second-order valence-electron chi connectivity index (χ2n) is 7.34. The van der Waals surface area contributed by atoms with Gasteiger partial charge in [0.05, 0.1) is 36.9 Å². The van der Waals surface area contributed by atoms with E-state index >= 15 is 0 Å². The number of aromatic nitrogens is 2. The summed E-state index contributed by atoms with van der Waals surface area (Å²) in [6, 6.07) is 6.43. The van der Waals surface area contributed by atoms with Crippen molar-refractivity contribution in [3.63, 3.8) is 0 Å². The highest BCUT2D eigenvalue weighted by Gasteiger charge is 2.23. The Bertz CT molecular complexity index is 853. The van der Waals surface area contributed by atoms with Crippen LogP contribution in [0.2, 0.25) is 0 Å². The van der Waals surface area contributed by atoms with Gasteiger partial charge in [0.25, 0.3) is 0 Å². The van der Waals surface area contributed by atoms with E-state index in [4.69, 9.17) is 4.74 Å². The topological polar surface area (TPSA) is 88.7 Å². The number of nitrogens with one attached hydrogen (secondary N) is 1. The molecule has 1 saturated heterocycles. The van der Waals surface area contributed by atoms with Gasteiger partial charge in [0.15, 0.2) is 0 Å². The van der Waals surface area contributed by atoms with Gasteiger partial charge in [-0.05, 0) is 18.1 Å². The Morgan fingerprint density at radius 1 is 1.21 bits per heavy atom. The zero-order valence-corrected chi connectivity index (χ0v) is 16.6. The molecule has 2 heterocycles. The normalized spacial score (nSPS) is 17.5. The van der Waals surface area contributed by atoms with Crippen molar-refractivity contribution < 1.29 is 14.6 Å². The molecular weight excluding hydrogens is 360 g/mol. The third kappa shape index (κ3) is 4.29. The van der Waals surface area contributed by atoms with Crippen molar-refractivity contribution in [1.29, 1.82) is 0 Å². The zero-order chi connectivity index (χ0) is 20.1. The number of carbonyl (C=O) groups is 1. The molecule has 1 aromatic carbocycles. The third-order valence-corrected chi connectivity index (χ3v) is 5.62. The fourth-order valence-electron chi connectivity index (χ4n) is 3.56. The number of aliphatic hydroxyl groups excluding tert-OH is 1. The van der Waals surface area contributed by atoms with Gasteiger partial charge in [0.2, 0.25) is 0 Å². The van der Waals surface area contributed by atoms with Crippen molar-refractivity contribution in [2.75, 3.05) is 39.5 Å². The second kappa shape index (κ2) is 9.36. The van der Waals surface area contributed by atoms with Crippen molar-refractivity contribution in [2.24, 2.45) is 5.92 Å². The fraction of sp³-hybridized carbons (Fsp3) is 0.600. The maximum Gasteiger partial charge on any atom is 0.337 e. The largest absolute Gasteiger partial charge is 0.394 e. The highest BCUT2D eigenvalue weighted by atomic mass is 16.5. The molecule has 0 saturated carbocycles. The van der Waals surface area contributed by atoms with E-state index in [1.807, 2.05) is 32.0 Å². The number of morpholine rings is 1. The smallest absolute Gasteiger partial charge is 0.337 e. The first-order valence-electron chi connectivity index (χ1n) is 9.99. The van der Waals surface area contributed by atoms with E-state index in [0.717, 1.165) is 31.6 Å². The molecule has 8 heteroatoms. The van der Waals surface area contributed by atoms with Crippen molar-refractivity contribution in [2.45, 2.75) is 32.9 Å². The highest BCUT2D eigenvalue weighted by Crippen LogP contribution is 2.14. The average molecular weight is 390 g/mol. The Kier molecular flexibility index (Phi) is 6.88. The van der Waals surface area contributed by atoms with E-state index in [9.17, 15) is 14.7 Å². The molecule has 0 spiro atoms. The lowest BCUT2D eigenvalue weighted by Crippen LogP contribution is -2.46. The quantitative estimate of drug-likeness (QED) is 0.739. The average Bonchev–Trinajstić information content (AvgIpc) is 3.01. The molecule has 1 aliphatic heterocycles. The van der Waals surface area contributed by atoms with Crippen molar-refractivity contribution in [3.8, 4) is 0 Å². The van der Waals surface area contributed by atoms with Gasteiger partial charge in [-0.3, -0.25) is 9.47 Å². The van der Waals surface area contributed by atoms with Crippen LogP contribution in [0.15, 0.2) is 29.1 Å². The monoisotopic (exact) mass is 390 g/mol. The third-order valence-electron chi connectivity index (χ3n) is 5.62. The maximum atomic E-state index is 13.1. The number of ether oxygens (including phenoxy) is 1. The van der Waals surface area contributed by atoms with Crippen LogP contribution in [0.3, 0.4) is 0 Å². The molecule has 1 aromatic heterocycles. The van der Waals surface area contributed by atoms with Gasteiger partial charge in [-0.2, -0.15) is 0 Å². The molecule has 3 rings (SSSR count). The van der Waals surface area contributed by atoms with Gasteiger partial charge in [-0.15, -0.1) is 0 Å². The Balaban J connectivity index is 1.87. The van der Waals surface area contributed by atoms with Crippen LogP contribution in [0.25, 0.3) is 11.0 Å². The Labute approximate surface area is 164 Å². The van der Waals surface area contributed by atoms with E-state index in [1.165, 1.54) is 4.57 Å². The summed E-state index contributed by atoms with van der Waals surface area (Å²) in [5.41, 5.74) is 0.959. The van der Waals surface area contributed by atoms with Crippen LogP contribution in [0.5, 0.6) is 0 Å². The Hall–Kier alpha value is -2.16. The summed E-state index contributed by atoms with van der Waals surface area (Å²) >= 11 is 0.